The number of nitrogens with zero attached hydrogens (tertiary/aromatic N) is 2. The first-order chi connectivity index (χ1) is 15.2. The van der Waals surface area contributed by atoms with Crippen molar-refractivity contribution in [2.75, 3.05) is 11.9 Å². The van der Waals surface area contributed by atoms with Crippen LogP contribution in [0.3, 0.4) is 0 Å². The minimum atomic E-state index is -3.92. The summed E-state index contributed by atoms with van der Waals surface area (Å²) in [5.74, 6) is -1.68. The van der Waals surface area contributed by atoms with Crippen LogP contribution in [0.25, 0.3) is 5.69 Å². The lowest BCUT2D eigenvalue weighted by atomic mass is 10.3. The predicted molar refractivity (Wildman–Crippen MR) is 114 cm³/mol. The van der Waals surface area contributed by atoms with E-state index >= 15 is 0 Å². The van der Waals surface area contributed by atoms with E-state index in [1.54, 1.807) is 31.2 Å². The van der Waals surface area contributed by atoms with E-state index in [0.29, 0.717) is 17.2 Å². The number of esters is 1. The number of nitrogens with one attached hydrogen (secondary N) is 2. The first-order valence-corrected chi connectivity index (χ1v) is 11.0. The van der Waals surface area contributed by atoms with Gasteiger partial charge in [0.2, 0.25) is 10.0 Å². The molecule has 3 aromatic rings. The molecule has 0 aliphatic carbocycles. The molecule has 11 heteroatoms. The van der Waals surface area contributed by atoms with Gasteiger partial charge in [0.25, 0.3) is 5.91 Å². The molecule has 0 unspecified atom stereocenters. The molecule has 2 aromatic carbocycles. The first kappa shape index (κ1) is 23.1. The number of carbonyl (C=O) groups excluding carboxylic acids is 2. The summed E-state index contributed by atoms with van der Waals surface area (Å²) >= 11 is 0. The number of hydrogen-bond acceptors (Lipinski definition) is 6. The Hall–Kier alpha value is -3.57. The van der Waals surface area contributed by atoms with Gasteiger partial charge in [-0.25, -0.2) is 17.5 Å². The molecular weight excluding hydrogens is 439 g/mol. The monoisotopic (exact) mass is 460 g/mol. The molecule has 0 aliphatic rings. The summed E-state index contributed by atoms with van der Waals surface area (Å²) in [5, 5.41) is 6.82. The van der Waals surface area contributed by atoms with Gasteiger partial charge in [-0.2, -0.15) is 9.82 Å². The molecular formula is C21H21FN4O5S. The number of halogens is 1. The number of ether oxygens (including phenoxy) is 1. The van der Waals surface area contributed by atoms with Crippen molar-refractivity contribution in [2.45, 2.75) is 24.8 Å². The molecule has 168 valence electrons. The largest absolute Gasteiger partial charge is 0.454 e. The van der Waals surface area contributed by atoms with Crippen molar-refractivity contribution in [3.05, 3.63) is 72.2 Å². The van der Waals surface area contributed by atoms with Gasteiger partial charge in [0.15, 0.2) is 6.61 Å². The molecule has 9 nitrogen and oxygen atoms in total. The quantitative estimate of drug-likeness (QED) is 0.497. The van der Waals surface area contributed by atoms with Crippen molar-refractivity contribution < 1.29 is 27.1 Å². The Morgan fingerprint density at radius 1 is 1.12 bits per heavy atom. The van der Waals surface area contributed by atoms with E-state index in [1.807, 2.05) is 0 Å². The van der Waals surface area contributed by atoms with Gasteiger partial charge in [0.05, 0.1) is 16.3 Å². The second kappa shape index (κ2) is 9.71. The van der Waals surface area contributed by atoms with Crippen LogP contribution in [0.2, 0.25) is 0 Å². The molecule has 1 amide bonds. The molecule has 0 aliphatic heterocycles. The standard InChI is InChI=1S/C21H21FN4O5S/c1-14-12-19(26(24-14)17-10-8-16(22)9-11-17)23-20(27)13-31-21(28)15(2)25-32(29,30)18-6-4-3-5-7-18/h3-12,15,25H,13H2,1-2H3,(H,23,27)/t15-/m0/s1. The Balaban J connectivity index is 1.58. The number of rotatable bonds is 8. The Bertz CT molecular complexity index is 1210. The summed E-state index contributed by atoms with van der Waals surface area (Å²) in [6.07, 6.45) is 0. The fourth-order valence-electron chi connectivity index (χ4n) is 2.76. The molecule has 0 fully saturated rings. The molecule has 0 radical (unpaired) electrons. The molecule has 0 bridgehead atoms. The number of aryl methyl sites for hydroxylation is 1. The lowest BCUT2D eigenvalue weighted by Crippen LogP contribution is -2.40. The summed E-state index contributed by atoms with van der Waals surface area (Å²) < 4.78 is 46.3. The highest BCUT2D eigenvalue weighted by Gasteiger charge is 2.23. The van der Waals surface area contributed by atoms with E-state index < -0.39 is 40.4 Å². The van der Waals surface area contributed by atoms with E-state index in [9.17, 15) is 22.4 Å². The number of amides is 1. The Labute approximate surface area is 184 Å². The smallest absolute Gasteiger partial charge is 0.324 e. The molecule has 2 N–H and O–H groups in total. The van der Waals surface area contributed by atoms with Crippen molar-refractivity contribution in [1.82, 2.24) is 14.5 Å². The van der Waals surface area contributed by atoms with E-state index in [-0.39, 0.29) is 4.90 Å². The maximum absolute atomic E-state index is 13.2. The van der Waals surface area contributed by atoms with E-state index in [1.165, 1.54) is 48.0 Å². The minimum Gasteiger partial charge on any atom is -0.454 e. The van der Waals surface area contributed by atoms with Gasteiger partial charge in [-0.05, 0) is 50.2 Å². The minimum absolute atomic E-state index is 0.00168. The average molecular weight is 460 g/mol. The zero-order valence-corrected chi connectivity index (χ0v) is 18.1. The highest BCUT2D eigenvalue weighted by Crippen LogP contribution is 2.17. The molecule has 32 heavy (non-hydrogen) atoms. The molecule has 0 saturated carbocycles. The Morgan fingerprint density at radius 3 is 2.44 bits per heavy atom. The van der Waals surface area contributed by atoms with Gasteiger partial charge in [-0.3, -0.25) is 9.59 Å². The van der Waals surface area contributed by atoms with E-state index in [4.69, 9.17) is 4.74 Å². The molecule has 0 spiro atoms. The SMILES string of the molecule is Cc1cc(NC(=O)COC(=O)[C@H](C)NS(=O)(=O)c2ccccc2)n(-c2ccc(F)cc2)n1. The molecule has 1 atom stereocenters. The molecule has 0 saturated heterocycles. The van der Waals surface area contributed by atoms with Crippen LogP contribution in [0.4, 0.5) is 10.2 Å². The molecule has 1 heterocycles. The van der Waals surface area contributed by atoms with Crippen LogP contribution in [0.1, 0.15) is 12.6 Å². The number of carbonyl (C=O) groups is 2. The normalized spacial score (nSPS) is 12.2. The van der Waals surface area contributed by atoms with Gasteiger partial charge in [-0.1, -0.05) is 18.2 Å². The fraction of sp³-hybridized carbons (Fsp3) is 0.190. The third kappa shape index (κ3) is 5.77. The maximum Gasteiger partial charge on any atom is 0.324 e. The zero-order valence-electron chi connectivity index (χ0n) is 17.3. The highest BCUT2D eigenvalue weighted by molar-refractivity contribution is 7.89. The van der Waals surface area contributed by atoms with E-state index in [0.717, 1.165) is 0 Å². The van der Waals surface area contributed by atoms with Crippen molar-refractivity contribution in [3.63, 3.8) is 0 Å². The number of anilines is 1. The van der Waals surface area contributed by atoms with Gasteiger partial charge < -0.3 is 10.1 Å². The van der Waals surface area contributed by atoms with Crippen LogP contribution < -0.4 is 10.0 Å². The summed E-state index contributed by atoms with van der Waals surface area (Å²) in [6, 6.07) is 13.5. The summed E-state index contributed by atoms with van der Waals surface area (Å²) in [6.45, 7) is 2.40. The first-order valence-electron chi connectivity index (χ1n) is 9.52. The highest BCUT2D eigenvalue weighted by atomic mass is 32.2. The van der Waals surface area contributed by atoms with Crippen LogP contribution in [0.5, 0.6) is 0 Å². The summed E-state index contributed by atoms with van der Waals surface area (Å²) in [5.41, 5.74) is 1.13. The second-order valence-corrected chi connectivity index (χ2v) is 8.59. The topological polar surface area (TPSA) is 119 Å². The molecule has 1 aromatic heterocycles. The van der Waals surface area contributed by atoms with Crippen molar-refractivity contribution >= 4 is 27.7 Å². The number of sulfonamides is 1. The Kier molecular flexibility index (Phi) is 7.01. The van der Waals surface area contributed by atoms with Crippen molar-refractivity contribution in [2.24, 2.45) is 0 Å². The zero-order chi connectivity index (χ0) is 23.3. The Morgan fingerprint density at radius 2 is 1.78 bits per heavy atom. The summed E-state index contributed by atoms with van der Waals surface area (Å²) in [4.78, 5) is 24.4. The third-order valence-corrected chi connectivity index (χ3v) is 5.81. The summed E-state index contributed by atoms with van der Waals surface area (Å²) in [7, 11) is -3.92. The second-order valence-electron chi connectivity index (χ2n) is 6.87. The van der Waals surface area contributed by atoms with Gasteiger partial charge in [0, 0.05) is 6.07 Å². The lowest BCUT2D eigenvalue weighted by Gasteiger charge is -2.14. The van der Waals surface area contributed by atoms with Gasteiger partial charge in [-0.15, -0.1) is 0 Å². The van der Waals surface area contributed by atoms with Crippen molar-refractivity contribution in [1.29, 1.82) is 0 Å². The number of benzene rings is 2. The number of hydrogen-bond donors (Lipinski definition) is 2. The average Bonchev–Trinajstić information content (AvgIpc) is 3.12. The van der Waals surface area contributed by atoms with Crippen LogP contribution in [0, 0.1) is 12.7 Å². The fourth-order valence-corrected chi connectivity index (χ4v) is 3.97. The van der Waals surface area contributed by atoms with Crippen LogP contribution >= 0.6 is 0 Å². The van der Waals surface area contributed by atoms with Crippen molar-refractivity contribution in [3.8, 4) is 5.69 Å². The van der Waals surface area contributed by atoms with Crippen LogP contribution in [-0.2, 0) is 24.3 Å². The van der Waals surface area contributed by atoms with Gasteiger partial charge in [0.1, 0.15) is 17.7 Å². The van der Waals surface area contributed by atoms with E-state index in [2.05, 4.69) is 15.1 Å². The lowest BCUT2D eigenvalue weighted by molar-refractivity contribution is -0.148. The number of aromatic nitrogens is 2. The van der Waals surface area contributed by atoms with Gasteiger partial charge >= 0.3 is 5.97 Å². The van der Waals surface area contributed by atoms with Crippen LogP contribution in [-0.4, -0.2) is 42.7 Å². The maximum atomic E-state index is 13.2. The molecule has 3 rings (SSSR count). The predicted octanol–water partition coefficient (Wildman–Crippen LogP) is 2.17. The van der Waals surface area contributed by atoms with Crippen LogP contribution in [0.15, 0.2) is 65.6 Å². The third-order valence-electron chi connectivity index (χ3n) is 4.25.